The second kappa shape index (κ2) is 7.73. The minimum atomic E-state index is -4.89. The average molecular weight is 370 g/mol. The number of piperidine rings is 1. The molecule has 5 nitrogen and oxygen atoms in total. The molecular weight excluding hydrogens is 345 g/mol. The van der Waals surface area contributed by atoms with Gasteiger partial charge in [0.2, 0.25) is 0 Å². The second-order valence-corrected chi connectivity index (χ2v) is 6.99. The summed E-state index contributed by atoms with van der Waals surface area (Å²) < 4.78 is 38.0. The number of anilines is 3. The Kier molecular flexibility index (Phi) is 5.60. The number of hydrogen-bond acceptors (Lipinski definition) is 4. The van der Waals surface area contributed by atoms with Crippen LogP contribution in [0.3, 0.4) is 0 Å². The summed E-state index contributed by atoms with van der Waals surface area (Å²) in [5.74, 6) is -1.93. The molecule has 1 aromatic carbocycles. The van der Waals surface area contributed by atoms with Gasteiger partial charge in [0.15, 0.2) is 0 Å². The van der Waals surface area contributed by atoms with Crippen LogP contribution in [0, 0.1) is 0 Å². The van der Waals surface area contributed by atoms with Crippen LogP contribution < -0.4 is 15.1 Å². The van der Waals surface area contributed by atoms with E-state index in [4.69, 9.17) is 0 Å². The fourth-order valence-corrected chi connectivity index (χ4v) is 3.48. The van der Waals surface area contributed by atoms with Crippen molar-refractivity contribution in [3.05, 3.63) is 18.2 Å². The molecule has 1 amide bonds. The number of alkyl halides is 3. The van der Waals surface area contributed by atoms with Gasteiger partial charge in [-0.15, -0.1) is 0 Å². The highest BCUT2D eigenvalue weighted by Crippen LogP contribution is 2.34. The van der Waals surface area contributed by atoms with E-state index >= 15 is 0 Å². The summed E-state index contributed by atoms with van der Waals surface area (Å²) in [5, 5.41) is 2.05. The van der Waals surface area contributed by atoms with Gasteiger partial charge in [-0.25, -0.2) is 0 Å². The number of likely N-dealkylation sites (N-methyl/N-ethyl adjacent to an activating group) is 1. The van der Waals surface area contributed by atoms with E-state index in [0.29, 0.717) is 5.69 Å². The quantitative estimate of drug-likeness (QED) is 0.888. The third-order valence-corrected chi connectivity index (χ3v) is 5.05. The van der Waals surface area contributed by atoms with Crippen LogP contribution in [0.15, 0.2) is 18.2 Å². The third kappa shape index (κ3) is 4.41. The molecule has 1 N–H and O–H groups in total. The smallest absolute Gasteiger partial charge is 0.370 e. The van der Waals surface area contributed by atoms with Crippen molar-refractivity contribution in [2.45, 2.75) is 25.4 Å². The molecule has 0 unspecified atom stereocenters. The summed E-state index contributed by atoms with van der Waals surface area (Å²) >= 11 is 0. The van der Waals surface area contributed by atoms with Crippen molar-refractivity contribution in [1.29, 1.82) is 0 Å². The summed E-state index contributed by atoms with van der Waals surface area (Å²) in [7, 11) is 2.08. The predicted molar refractivity (Wildman–Crippen MR) is 96.9 cm³/mol. The molecule has 2 fully saturated rings. The Morgan fingerprint density at radius 2 is 1.62 bits per heavy atom. The highest BCUT2D eigenvalue weighted by molar-refractivity contribution is 5.98. The van der Waals surface area contributed by atoms with Crippen molar-refractivity contribution in [3.8, 4) is 0 Å². The van der Waals surface area contributed by atoms with Crippen LogP contribution in [-0.4, -0.2) is 63.3 Å². The molecule has 2 aliphatic rings. The largest absolute Gasteiger partial charge is 0.471 e. The molecule has 144 valence electrons. The molecule has 0 spiro atoms. The molecule has 2 saturated heterocycles. The lowest BCUT2D eigenvalue weighted by molar-refractivity contribution is -0.167. The Balaban J connectivity index is 1.86. The lowest BCUT2D eigenvalue weighted by Gasteiger charge is -2.36. The standard InChI is InChI=1S/C18H25F3N4O/c1-23-9-11-24(12-10-23)14-5-6-15(22-17(26)18(19,20)21)16(13-14)25-7-3-2-4-8-25/h5-6,13H,2-4,7-12H2,1H3,(H,22,26). The number of rotatable bonds is 3. The van der Waals surface area contributed by atoms with Gasteiger partial charge < -0.3 is 20.0 Å². The normalized spacial score (nSPS) is 19.5. The van der Waals surface area contributed by atoms with E-state index in [1.165, 1.54) is 0 Å². The van der Waals surface area contributed by atoms with Crippen LogP contribution in [0.25, 0.3) is 0 Å². The van der Waals surface area contributed by atoms with Gasteiger partial charge in [-0.05, 0) is 44.5 Å². The lowest BCUT2D eigenvalue weighted by atomic mass is 10.1. The molecule has 0 aromatic heterocycles. The number of nitrogens with zero attached hydrogens (tertiary/aromatic N) is 3. The fourth-order valence-electron chi connectivity index (χ4n) is 3.48. The van der Waals surface area contributed by atoms with Gasteiger partial charge >= 0.3 is 12.1 Å². The molecule has 8 heteroatoms. The average Bonchev–Trinajstić information content (AvgIpc) is 2.63. The topological polar surface area (TPSA) is 38.8 Å². The first kappa shape index (κ1) is 18.8. The van der Waals surface area contributed by atoms with Gasteiger partial charge in [-0.2, -0.15) is 13.2 Å². The maximum atomic E-state index is 12.7. The first-order chi connectivity index (χ1) is 12.3. The predicted octanol–water partition coefficient (Wildman–Crippen LogP) is 2.93. The molecule has 0 saturated carbocycles. The zero-order valence-corrected chi connectivity index (χ0v) is 15.0. The third-order valence-electron chi connectivity index (χ3n) is 5.05. The number of hydrogen-bond donors (Lipinski definition) is 1. The lowest BCUT2D eigenvalue weighted by Crippen LogP contribution is -2.44. The molecular formula is C18H25F3N4O. The Bertz CT molecular complexity index is 636. The van der Waals surface area contributed by atoms with Crippen LogP contribution in [0.2, 0.25) is 0 Å². The molecule has 26 heavy (non-hydrogen) atoms. The summed E-state index contributed by atoms with van der Waals surface area (Å²) in [6.45, 7) is 5.24. The summed E-state index contributed by atoms with van der Waals surface area (Å²) in [6.07, 6.45) is -1.76. The zero-order valence-electron chi connectivity index (χ0n) is 15.0. The van der Waals surface area contributed by atoms with Crippen molar-refractivity contribution < 1.29 is 18.0 Å². The molecule has 0 aliphatic carbocycles. The van der Waals surface area contributed by atoms with Gasteiger partial charge in [-0.1, -0.05) is 0 Å². The van der Waals surface area contributed by atoms with Gasteiger partial charge in [0.1, 0.15) is 0 Å². The van der Waals surface area contributed by atoms with Crippen molar-refractivity contribution in [3.63, 3.8) is 0 Å². The Hall–Kier alpha value is -1.96. The van der Waals surface area contributed by atoms with Gasteiger partial charge in [0.25, 0.3) is 0 Å². The van der Waals surface area contributed by atoms with Crippen LogP contribution in [0.5, 0.6) is 0 Å². The van der Waals surface area contributed by atoms with Crippen LogP contribution in [0.1, 0.15) is 19.3 Å². The number of piperazine rings is 1. The van der Waals surface area contributed by atoms with Crippen LogP contribution in [-0.2, 0) is 4.79 Å². The van der Waals surface area contributed by atoms with E-state index in [1.54, 1.807) is 12.1 Å². The molecule has 3 rings (SSSR count). The zero-order chi connectivity index (χ0) is 18.7. The molecule has 0 atom stereocenters. The van der Waals surface area contributed by atoms with Crippen LogP contribution >= 0.6 is 0 Å². The second-order valence-electron chi connectivity index (χ2n) is 6.99. The number of benzene rings is 1. The SMILES string of the molecule is CN1CCN(c2ccc(NC(=O)C(F)(F)F)c(N3CCCCC3)c2)CC1. The van der Waals surface area contributed by atoms with Gasteiger partial charge in [-0.3, -0.25) is 4.79 Å². The number of carbonyl (C=O) groups excluding carboxylic acids is 1. The number of carbonyl (C=O) groups is 1. The molecule has 2 heterocycles. The van der Waals surface area contributed by atoms with Crippen molar-refractivity contribution in [2.24, 2.45) is 0 Å². The molecule has 0 bridgehead atoms. The Morgan fingerprint density at radius 3 is 2.23 bits per heavy atom. The molecule has 1 aromatic rings. The first-order valence-electron chi connectivity index (χ1n) is 9.05. The van der Waals surface area contributed by atoms with E-state index in [1.807, 2.05) is 6.07 Å². The maximum absolute atomic E-state index is 12.7. The number of amides is 1. The van der Waals surface area contributed by atoms with Crippen molar-refractivity contribution >= 4 is 23.0 Å². The molecule has 2 aliphatic heterocycles. The number of nitrogens with one attached hydrogen (secondary N) is 1. The summed E-state index contributed by atoms with van der Waals surface area (Å²) in [6, 6.07) is 5.31. The van der Waals surface area contributed by atoms with E-state index < -0.39 is 12.1 Å². The highest BCUT2D eigenvalue weighted by Gasteiger charge is 2.39. The summed E-state index contributed by atoms with van der Waals surface area (Å²) in [5.41, 5.74) is 1.90. The maximum Gasteiger partial charge on any atom is 0.471 e. The van der Waals surface area contributed by atoms with Gasteiger partial charge in [0, 0.05) is 45.0 Å². The van der Waals surface area contributed by atoms with Gasteiger partial charge in [0.05, 0.1) is 11.4 Å². The van der Waals surface area contributed by atoms with E-state index in [-0.39, 0.29) is 5.69 Å². The van der Waals surface area contributed by atoms with E-state index in [9.17, 15) is 18.0 Å². The van der Waals surface area contributed by atoms with Crippen molar-refractivity contribution in [1.82, 2.24) is 4.90 Å². The number of halogens is 3. The molecule has 0 radical (unpaired) electrons. The van der Waals surface area contributed by atoms with E-state index in [2.05, 4.69) is 27.1 Å². The minimum absolute atomic E-state index is 0.229. The summed E-state index contributed by atoms with van der Waals surface area (Å²) in [4.78, 5) is 18.0. The fraction of sp³-hybridized carbons (Fsp3) is 0.611. The minimum Gasteiger partial charge on any atom is -0.370 e. The van der Waals surface area contributed by atoms with E-state index in [0.717, 1.165) is 64.2 Å². The Morgan fingerprint density at radius 1 is 0.962 bits per heavy atom. The Labute approximate surface area is 151 Å². The van der Waals surface area contributed by atoms with Crippen LogP contribution in [0.4, 0.5) is 30.2 Å². The first-order valence-corrected chi connectivity index (χ1v) is 9.05. The van der Waals surface area contributed by atoms with Crippen molar-refractivity contribution in [2.75, 3.05) is 61.4 Å². The monoisotopic (exact) mass is 370 g/mol. The highest BCUT2D eigenvalue weighted by atomic mass is 19.4.